The number of nitrogens with two attached hydrogens (primary N) is 1. The van der Waals surface area contributed by atoms with E-state index < -0.39 is 23.2 Å². The Bertz CT molecular complexity index is 274. The van der Waals surface area contributed by atoms with Gasteiger partial charge in [-0.3, -0.25) is 9.59 Å². The topological polar surface area (TPSA) is 115 Å². The Morgan fingerprint density at radius 3 is 3.06 bits per heavy atom. The van der Waals surface area contributed by atoms with E-state index in [4.69, 9.17) is 10.8 Å². The second kappa shape index (κ2) is 6.07. The molecular weight excluding hydrogens is 232 g/mol. The zero-order valence-electron chi connectivity index (χ0n) is 8.85. The van der Waals surface area contributed by atoms with Gasteiger partial charge in [-0.1, -0.05) is 0 Å². The normalized spacial score (nSPS) is 25.4. The Morgan fingerprint density at radius 1 is 1.75 bits per heavy atom. The predicted molar refractivity (Wildman–Crippen MR) is 59.3 cm³/mol. The van der Waals surface area contributed by atoms with E-state index in [0.717, 1.165) is 6.42 Å². The van der Waals surface area contributed by atoms with Gasteiger partial charge >= 0.3 is 5.97 Å². The number of nitrogens with one attached hydrogen (secondary N) is 1. The van der Waals surface area contributed by atoms with Crippen molar-refractivity contribution < 1.29 is 19.2 Å². The van der Waals surface area contributed by atoms with Gasteiger partial charge in [0, 0.05) is 6.54 Å². The predicted octanol–water partition coefficient (Wildman–Crippen LogP) is -1.18. The van der Waals surface area contributed by atoms with Crippen molar-refractivity contribution in [2.24, 2.45) is 5.73 Å². The summed E-state index contributed by atoms with van der Waals surface area (Å²) >= 11 is -1.36. The van der Waals surface area contributed by atoms with Gasteiger partial charge in [0.1, 0.15) is 17.0 Å². The fourth-order valence-electron chi connectivity index (χ4n) is 1.55. The van der Waals surface area contributed by atoms with E-state index in [2.05, 4.69) is 5.32 Å². The van der Waals surface area contributed by atoms with Gasteiger partial charge in [0.05, 0.1) is 6.42 Å². The van der Waals surface area contributed by atoms with Crippen molar-refractivity contribution in [1.82, 2.24) is 5.32 Å². The zero-order valence-corrected chi connectivity index (χ0v) is 9.66. The van der Waals surface area contributed by atoms with Gasteiger partial charge in [0.15, 0.2) is 0 Å². The van der Waals surface area contributed by atoms with Gasteiger partial charge in [-0.05, 0) is 24.0 Å². The summed E-state index contributed by atoms with van der Waals surface area (Å²) in [6.45, 7) is 0.595. The lowest BCUT2D eigenvalue weighted by Gasteiger charge is -2.20. The van der Waals surface area contributed by atoms with Crippen molar-refractivity contribution in [3.63, 3.8) is 0 Å². The van der Waals surface area contributed by atoms with Gasteiger partial charge in [-0.15, -0.1) is 0 Å². The molecule has 3 unspecified atom stereocenters. The molecule has 16 heavy (non-hydrogen) atoms. The number of amides is 1. The summed E-state index contributed by atoms with van der Waals surface area (Å²) < 4.78 is 11.8. The van der Waals surface area contributed by atoms with Crippen LogP contribution in [-0.4, -0.2) is 45.1 Å². The summed E-state index contributed by atoms with van der Waals surface area (Å²) in [6.07, 6.45) is 1.63. The standard InChI is InChI=1S/C9H16N2O4S/c10-7(9(13)14)5-16(15)6-2-1-3-11-8(12)4-6/h6-7H,1-5,10H2,(H,11,12)(H,13,14). The Kier molecular flexibility index (Phi) is 5.04. The molecule has 0 saturated carbocycles. The van der Waals surface area contributed by atoms with Crippen LogP contribution in [0.3, 0.4) is 0 Å². The van der Waals surface area contributed by atoms with E-state index in [1.807, 2.05) is 0 Å². The number of rotatable bonds is 4. The van der Waals surface area contributed by atoms with E-state index >= 15 is 0 Å². The van der Waals surface area contributed by atoms with E-state index in [9.17, 15) is 14.1 Å². The maximum absolute atomic E-state index is 11.8. The van der Waals surface area contributed by atoms with Gasteiger partial charge in [0.2, 0.25) is 5.91 Å². The van der Waals surface area contributed by atoms with E-state index in [0.29, 0.717) is 13.0 Å². The molecule has 1 rings (SSSR count). The molecule has 1 aliphatic rings. The van der Waals surface area contributed by atoms with Crippen LogP contribution in [-0.2, 0) is 20.8 Å². The Balaban J connectivity index is 2.48. The summed E-state index contributed by atoms with van der Waals surface area (Å²) in [5, 5.41) is 11.0. The first-order chi connectivity index (χ1) is 7.50. The van der Waals surface area contributed by atoms with E-state index in [1.165, 1.54) is 0 Å². The van der Waals surface area contributed by atoms with Crippen LogP contribution in [0.15, 0.2) is 0 Å². The smallest absolute Gasteiger partial charge is 0.325 e. The van der Waals surface area contributed by atoms with Gasteiger partial charge < -0.3 is 20.7 Å². The van der Waals surface area contributed by atoms with Crippen LogP contribution < -0.4 is 11.1 Å². The number of hydrogen-bond donors (Lipinski definition) is 3. The molecule has 1 aliphatic heterocycles. The van der Waals surface area contributed by atoms with E-state index in [1.54, 1.807) is 0 Å². The summed E-state index contributed by atoms with van der Waals surface area (Å²) in [5.41, 5.74) is 5.30. The number of carbonyl (C=O) groups is 2. The van der Waals surface area contributed by atoms with Crippen molar-refractivity contribution in [2.45, 2.75) is 30.6 Å². The van der Waals surface area contributed by atoms with Gasteiger partial charge in [-0.2, -0.15) is 0 Å². The molecule has 1 heterocycles. The maximum Gasteiger partial charge on any atom is 0.325 e. The molecule has 4 N–H and O–H groups in total. The van der Waals surface area contributed by atoms with Crippen molar-refractivity contribution in [3.05, 3.63) is 0 Å². The maximum atomic E-state index is 11.8. The highest BCUT2D eigenvalue weighted by Crippen LogP contribution is 2.16. The Morgan fingerprint density at radius 2 is 2.44 bits per heavy atom. The molecule has 0 bridgehead atoms. The number of carboxylic acid groups (broad SMARTS) is 1. The largest absolute Gasteiger partial charge is 0.616 e. The Hall–Kier alpha value is -0.790. The molecule has 0 aromatic rings. The van der Waals surface area contributed by atoms with Crippen LogP contribution in [0.25, 0.3) is 0 Å². The minimum Gasteiger partial charge on any atom is -0.616 e. The number of carbonyl (C=O) groups excluding carboxylic acids is 1. The van der Waals surface area contributed by atoms with Crippen molar-refractivity contribution in [3.8, 4) is 0 Å². The molecule has 1 fully saturated rings. The van der Waals surface area contributed by atoms with Crippen LogP contribution in [0.4, 0.5) is 0 Å². The monoisotopic (exact) mass is 248 g/mol. The third-order valence-electron chi connectivity index (χ3n) is 2.47. The van der Waals surface area contributed by atoms with Crippen LogP contribution in [0.2, 0.25) is 0 Å². The first-order valence-corrected chi connectivity index (χ1v) is 6.51. The van der Waals surface area contributed by atoms with Crippen molar-refractivity contribution in [1.29, 1.82) is 0 Å². The zero-order chi connectivity index (χ0) is 12.1. The molecule has 3 atom stereocenters. The molecule has 7 heteroatoms. The van der Waals surface area contributed by atoms with Gasteiger partial charge in [0.25, 0.3) is 0 Å². The van der Waals surface area contributed by atoms with Crippen molar-refractivity contribution >= 4 is 23.1 Å². The lowest BCUT2D eigenvalue weighted by atomic mass is 10.2. The molecule has 92 valence electrons. The van der Waals surface area contributed by atoms with Gasteiger partial charge in [-0.25, -0.2) is 0 Å². The van der Waals surface area contributed by atoms with Crippen LogP contribution >= 0.6 is 0 Å². The number of carboxylic acids is 1. The molecule has 0 radical (unpaired) electrons. The SMILES string of the molecule is NC(C[S+]([O-])C1CCCNC(=O)C1)C(=O)O. The molecule has 0 aromatic heterocycles. The minimum absolute atomic E-state index is 0.0900. The summed E-state index contributed by atoms with van der Waals surface area (Å²) in [4.78, 5) is 21.7. The highest BCUT2D eigenvalue weighted by molar-refractivity contribution is 7.92. The summed E-state index contributed by atoms with van der Waals surface area (Å²) in [5.74, 6) is -1.38. The average Bonchev–Trinajstić information content (AvgIpc) is 2.42. The molecule has 0 spiro atoms. The second-order valence-corrected chi connectivity index (χ2v) is 5.57. The lowest BCUT2D eigenvalue weighted by Crippen LogP contribution is -2.41. The second-order valence-electron chi connectivity index (χ2n) is 3.81. The fraction of sp³-hybridized carbons (Fsp3) is 0.778. The summed E-state index contributed by atoms with van der Waals surface area (Å²) in [6, 6.07) is -1.12. The highest BCUT2D eigenvalue weighted by Gasteiger charge is 2.30. The fourth-order valence-corrected chi connectivity index (χ4v) is 3.08. The summed E-state index contributed by atoms with van der Waals surface area (Å²) in [7, 11) is 0. The quantitative estimate of drug-likeness (QED) is 0.541. The first-order valence-electron chi connectivity index (χ1n) is 5.13. The third-order valence-corrected chi connectivity index (χ3v) is 4.30. The number of aliphatic carboxylic acids is 1. The van der Waals surface area contributed by atoms with Crippen molar-refractivity contribution in [2.75, 3.05) is 12.3 Å². The van der Waals surface area contributed by atoms with Crippen LogP contribution in [0, 0.1) is 0 Å². The molecule has 0 aliphatic carbocycles. The van der Waals surface area contributed by atoms with E-state index in [-0.39, 0.29) is 23.3 Å². The Labute approximate surface area is 96.8 Å². The minimum atomic E-state index is -1.36. The lowest BCUT2D eigenvalue weighted by molar-refractivity contribution is -0.138. The first kappa shape index (κ1) is 13.3. The van der Waals surface area contributed by atoms with Crippen LogP contribution in [0.5, 0.6) is 0 Å². The third kappa shape index (κ3) is 3.99. The molecule has 6 nitrogen and oxygen atoms in total. The molecule has 1 saturated heterocycles. The average molecular weight is 248 g/mol. The van der Waals surface area contributed by atoms with Crippen LogP contribution in [0.1, 0.15) is 19.3 Å². The molecule has 0 aromatic carbocycles. The molecule has 1 amide bonds. The molecular formula is C9H16N2O4S. The number of hydrogen-bond acceptors (Lipinski definition) is 4. The highest BCUT2D eigenvalue weighted by atomic mass is 32.2.